The number of hydrogen-bond donors (Lipinski definition) is 1. The molecule has 1 atom stereocenters. The monoisotopic (exact) mass is 354 g/mol. The Morgan fingerprint density at radius 2 is 1.61 bits per heavy atom. The Morgan fingerprint density at radius 1 is 1.00 bits per heavy atom. The van der Waals surface area contributed by atoms with Gasteiger partial charge in [-0.2, -0.15) is 0 Å². The first-order valence-electron chi connectivity index (χ1n) is 9.19. The Morgan fingerprint density at radius 3 is 2.09 bits per heavy atom. The third-order valence-electron chi connectivity index (χ3n) is 4.58. The van der Waals surface area contributed by atoms with Crippen molar-refractivity contribution in [1.82, 2.24) is 0 Å². The molecule has 0 saturated carbocycles. The zero-order valence-electron chi connectivity index (χ0n) is 15.1. The van der Waals surface area contributed by atoms with Crippen molar-refractivity contribution in [2.24, 2.45) is 0 Å². The van der Waals surface area contributed by atoms with E-state index >= 15 is 0 Å². The molecule has 132 valence electrons. The van der Waals surface area contributed by atoms with Crippen molar-refractivity contribution in [2.75, 3.05) is 12.4 Å². The van der Waals surface area contributed by atoms with Crippen molar-refractivity contribution >= 4 is 20.4 Å². The smallest absolute Gasteiger partial charge is 0.201 e. The fraction of sp³-hybridized carbons (Fsp3) is 0.684. The molecule has 0 saturated heterocycles. The summed E-state index contributed by atoms with van der Waals surface area (Å²) in [6.45, 7) is 7.57. The number of benzene rings is 1. The molecule has 1 rings (SSSR count). The summed E-state index contributed by atoms with van der Waals surface area (Å²) in [4.78, 5) is 0. The number of unbranched alkanes of at least 4 members (excludes halogenated alkanes) is 2. The summed E-state index contributed by atoms with van der Waals surface area (Å²) < 4.78 is 16.3. The second kappa shape index (κ2) is 12.1. The molecular weight excluding hydrogens is 320 g/mol. The largest absolute Gasteiger partial charge is 0.416 e. The van der Waals surface area contributed by atoms with E-state index in [0.29, 0.717) is 5.54 Å². The Hall–Kier alpha value is -0.293. The molecule has 1 unspecified atom stereocenters. The van der Waals surface area contributed by atoms with Crippen LogP contribution in [0.25, 0.3) is 0 Å². The molecule has 1 N–H and O–H groups in total. The highest BCUT2D eigenvalue weighted by atomic mass is 32.2. The molecule has 0 aliphatic carbocycles. The number of rotatable bonds is 13. The lowest BCUT2D eigenvalue weighted by Gasteiger charge is -2.39. The van der Waals surface area contributed by atoms with E-state index in [1.807, 2.05) is 0 Å². The maximum Gasteiger partial charge on any atom is 0.201 e. The van der Waals surface area contributed by atoms with Crippen molar-refractivity contribution in [3.05, 3.63) is 35.9 Å². The molecule has 0 heterocycles. The van der Waals surface area contributed by atoms with Crippen molar-refractivity contribution in [2.45, 2.75) is 70.5 Å². The zero-order chi connectivity index (χ0) is 17.0. The van der Waals surface area contributed by atoms with Crippen LogP contribution in [0.4, 0.5) is 0 Å². The van der Waals surface area contributed by atoms with Gasteiger partial charge in [-0.25, -0.2) is 0 Å². The molecule has 1 aromatic rings. The molecular formula is C19H34O2SSi. The van der Waals surface area contributed by atoms with Crippen LogP contribution in [0.2, 0.25) is 12.1 Å². The minimum Gasteiger partial charge on any atom is -0.416 e. The van der Waals surface area contributed by atoms with Gasteiger partial charge < -0.3 is 8.98 Å². The fourth-order valence-electron chi connectivity index (χ4n) is 3.29. The molecule has 0 aliphatic rings. The van der Waals surface area contributed by atoms with Gasteiger partial charge in [0, 0.05) is 17.9 Å². The summed E-state index contributed by atoms with van der Waals surface area (Å²) in [6.07, 6.45) is 5.97. The van der Waals surface area contributed by atoms with Crippen LogP contribution in [-0.4, -0.2) is 25.2 Å². The summed E-state index contributed by atoms with van der Waals surface area (Å²) in [6, 6.07) is 13.2. The van der Waals surface area contributed by atoms with Gasteiger partial charge in [0.15, 0.2) is 0 Å². The van der Waals surface area contributed by atoms with Gasteiger partial charge in [0.05, 0.1) is 0 Å². The van der Waals surface area contributed by atoms with Crippen molar-refractivity contribution in [3.63, 3.8) is 0 Å². The summed E-state index contributed by atoms with van der Waals surface area (Å²) >= 11 is 0.987. The van der Waals surface area contributed by atoms with E-state index in [0.717, 1.165) is 30.8 Å². The normalized spacial score (nSPS) is 13.2. The van der Waals surface area contributed by atoms with Crippen molar-refractivity contribution < 1.29 is 8.98 Å². The maximum absolute atomic E-state index is 9.62. The van der Waals surface area contributed by atoms with Gasteiger partial charge in [-0.1, -0.05) is 76.8 Å². The summed E-state index contributed by atoms with van der Waals surface area (Å²) in [7, 11) is -1.93. The van der Waals surface area contributed by atoms with Crippen LogP contribution in [0.15, 0.2) is 30.3 Å². The second-order valence-electron chi connectivity index (χ2n) is 6.38. The van der Waals surface area contributed by atoms with Crippen LogP contribution in [0, 0.1) is 0 Å². The first-order valence-corrected chi connectivity index (χ1v) is 12.5. The topological polar surface area (TPSA) is 29.5 Å². The molecule has 23 heavy (non-hydrogen) atoms. The lowest BCUT2D eigenvalue weighted by Crippen LogP contribution is -2.46. The highest BCUT2D eigenvalue weighted by molar-refractivity contribution is 7.93. The van der Waals surface area contributed by atoms with Gasteiger partial charge in [-0.3, -0.25) is 0 Å². The minimum absolute atomic E-state index is 0.378. The Kier molecular flexibility index (Phi) is 10.9. The zero-order valence-corrected chi connectivity index (χ0v) is 16.9. The van der Waals surface area contributed by atoms with Crippen LogP contribution >= 0.6 is 12.0 Å². The summed E-state index contributed by atoms with van der Waals surface area (Å²) in [5, 5.41) is 0. The van der Waals surface area contributed by atoms with Gasteiger partial charge in [-0.05, 0) is 36.1 Å². The average molecular weight is 355 g/mol. The molecule has 4 heteroatoms. The molecule has 0 radical (unpaired) electrons. The number of hydrogen-bond acceptors (Lipinski definition) is 3. The first-order chi connectivity index (χ1) is 11.2. The van der Waals surface area contributed by atoms with Gasteiger partial charge in [0.1, 0.15) is 0 Å². The van der Waals surface area contributed by atoms with Crippen LogP contribution in [0.1, 0.15) is 64.0 Å². The Bertz CT molecular complexity index is 378. The fourth-order valence-corrected chi connectivity index (χ4v) is 9.82. The first kappa shape index (κ1) is 20.8. The molecule has 0 aromatic heterocycles. The summed E-state index contributed by atoms with van der Waals surface area (Å²) in [5.41, 5.74) is 1.73. The average Bonchev–Trinajstić information content (AvgIpc) is 2.60. The molecule has 0 amide bonds. The summed E-state index contributed by atoms with van der Waals surface area (Å²) in [5.74, 6) is 0.757. The minimum atomic E-state index is -1.93. The van der Waals surface area contributed by atoms with Gasteiger partial charge >= 0.3 is 0 Å². The van der Waals surface area contributed by atoms with Crippen LogP contribution < -0.4 is 0 Å². The van der Waals surface area contributed by atoms with E-state index in [9.17, 15) is 4.55 Å². The van der Waals surface area contributed by atoms with E-state index < -0.39 is 8.32 Å². The Labute approximate surface area is 148 Å². The van der Waals surface area contributed by atoms with E-state index in [1.54, 1.807) is 0 Å². The highest BCUT2D eigenvalue weighted by Crippen LogP contribution is 2.39. The molecule has 0 aliphatic heterocycles. The molecule has 2 nitrogen and oxygen atoms in total. The highest BCUT2D eigenvalue weighted by Gasteiger charge is 2.42. The van der Waals surface area contributed by atoms with Crippen LogP contribution in [-0.2, 0) is 4.43 Å². The molecule has 0 fully saturated rings. The van der Waals surface area contributed by atoms with Gasteiger partial charge in [-0.15, -0.1) is 0 Å². The van der Waals surface area contributed by atoms with Crippen LogP contribution in [0.5, 0.6) is 0 Å². The Balaban J connectivity index is 3.15. The predicted octanol–water partition coefficient (Wildman–Crippen LogP) is 6.49. The van der Waals surface area contributed by atoms with Crippen molar-refractivity contribution in [3.8, 4) is 0 Å². The predicted molar refractivity (Wildman–Crippen MR) is 106 cm³/mol. The maximum atomic E-state index is 9.62. The standard InChI is InChI=1S/C19H34O2SSi/c1-4-7-15-23(16-8-5-2,21-14-6-3)19(17-22-20)18-12-10-9-11-13-18/h9-13,19-20H,4-8,14-17H2,1-3H3. The van der Waals surface area contributed by atoms with Crippen molar-refractivity contribution in [1.29, 1.82) is 0 Å². The van der Waals surface area contributed by atoms with Crippen LogP contribution in [0.3, 0.4) is 0 Å². The van der Waals surface area contributed by atoms with E-state index in [1.165, 1.54) is 43.3 Å². The third kappa shape index (κ3) is 6.61. The van der Waals surface area contributed by atoms with E-state index in [-0.39, 0.29) is 0 Å². The van der Waals surface area contributed by atoms with Gasteiger partial charge in [0.25, 0.3) is 0 Å². The quantitative estimate of drug-likeness (QED) is 0.324. The van der Waals surface area contributed by atoms with Gasteiger partial charge in [0.2, 0.25) is 8.32 Å². The lowest BCUT2D eigenvalue weighted by molar-refractivity contribution is 0.288. The third-order valence-corrected chi connectivity index (χ3v) is 10.3. The van der Waals surface area contributed by atoms with E-state index in [2.05, 4.69) is 51.1 Å². The second-order valence-corrected chi connectivity index (χ2v) is 11.1. The lowest BCUT2D eigenvalue weighted by atomic mass is 10.2. The molecule has 1 aromatic carbocycles. The molecule has 0 spiro atoms. The van der Waals surface area contributed by atoms with E-state index in [4.69, 9.17) is 4.43 Å². The SMILES string of the molecule is CCCC[Si](CCCC)(OCCC)C(CSO)c1ccccc1. The molecule has 0 bridgehead atoms.